The lowest BCUT2D eigenvalue weighted by Gasteiger charge is -2.30. The molecule has 1 aliphatic heterocycles. The molecule has 0 atom stereocenters. The van der Waals surface area contributed by atoms with Gasteiger partial charge < -0.3 is 9.15 Å². The van der Waals surface area contributed by atoms with Crippen molar-refractivity contribution in [3.63, 3.8) is 0 Å². The van der Waals surface area contributed by atoms with Crippen LogP contribution in [0.3, 0.4) is 0 Å². The van der Waals surface area contributed by atoms with E-state index in [1.807, 2.05) is 17.4 Å². The molecule has 5 nitrogen and oxygen atoms in total. The number of para-hydroxylation sites is 1. The largest absolute Gasteiger partial charge is 0.465 e. The van der Waals surface area contributed by atoms with E-state index in [9.17, 15) is 4.79 Å². The molecule has 2 aromatic heterocycles. The summed E-state index contributed by atoms with van der Waals surface area (Å²) in [6, 6.07) is 10.1. The van der Waals surface area contributed by atoms with E-state index >= 15 is 0 Å². The molecule has 0 radical (unpaired) electrons. The molecule has 6 heteroatoms. The summed E-state index contributed by atoms with van der Waals surface area (Å²) in [4.78, 5) is 18.9. The second-order valence-corrected chi connectivity index (χ2v) is 7.81. The van der Waals surface area contributed by atoms with E-state index in [0.717, 1.165) is 43.8 Å². The summed E-state index contributed by atoms with van der Waals surface area (Å²) in [5, 5.41) is 1.26. The second-order valence-electron chi connectivity index (χ2n) is 6.74. The SMILES string of the molecule is COC(=O)c1cc(CN2CCC(c3nc4ccccc4s3)CC2)oc1C. The van der Waals surface area contributed by atoms with Crippen LogP contribution in [0.25, 0.3) is 10.2 Å². The number of hydrogen-bond acceptors (Lipinski definition) is 6. The highest BCUT2D eigenvalue weighted by Crippen LogP contribution is 2.34. The lowest BCUT2D eigenvalue weighted by molar-refractivity contribution is 0.0599. The van der Waals surface area contributed by atoms with Crippen LogP contribution in [0, 0.1) is 6.92 Å². The number of methoxy groups -OCH3 is 1. The maximum Gasteiger partial charge on any atom is 0.341 e. The molecule has 0 bridgehead atoms. The minimum Gasteiger partial charge on any atom is -0.465 e. The number of fused-ring (bicyclic) bond motifs is 1. The third kappa shape index (κ3) is 3.39. The highest BCUT2D eigenvalue weighted by molar-refractivity contribution is 7.18. The average molecular weight is 370 g/mol. The number of furan rings is 1. The third-order valence-corrected chi connectivity index (χ3v) is 6.20. The quantitative estimate of drug-likeness (QED) is 0.639. The molecule has 3 aromatic rings. The van der Waals surface area contributed by atoms with E-state index in [4.69, 9.17) is 14.1 Å². The number of esters is 1. The predicted octanol–water partition coefficient (Wildman–Crippen LogP) is 4.36. The normalized spacial score (nSPS) is 16.2. The van der Waals surface area contributed by atoms with Gasteiger partial charge in [0.25, 0.3) is 0 Å². The first kappa shape index (κ1) is 17.2. The summed E-state index contributed by atoms with van der Waals surface area (Å²) >= 11 is 1.82. The Bertz CT molecular complexity index is 889. The Morgan fingerprint density at radius 2 is 2.12 bits per heavy atom. The maximum absolute atomic E-state index is 11.7. The van der Waals surface area contributed by atoms with Crippen LogP contribution >= 0.6 is 11.3 Å². The molecule has 0 saturated carbocycles. The lowest BCUT2D eigenvalue weighted by atomic mass is 9.97. The van der Waals surface area contributed by atoms with Crippen molar-refractivity contribution in [2.24, 2.45) is 0 Å². The number of thiazole rings is 1. The monoisotopic (exact) mass is 370 g/mol. The highest BCUT2D eigenvalue weighted by atomic mass is 32.1. The molecule has 0 aliphatic carbocycles. The van der Waals surface area contributed by atoms with Crippen LogP contribution in [0.15, 0.2) is 34.7 Å². The van der Waals surface area contributed by atoms with Crippen molar-refractivity contribution in [1.29, 1.82) is 0 Å². The maximum atomic E-state index is 11.7. The van der Waals surface area contributed by atoms with Crippen molar-refractivity contribution in [2.45, 2.75) is 32.2 Å². The fourth-order valence-electron chi connectivity index (χ4n) is 3.56. The summed E-state index contributed by atoms with van der Waals surface area (Å²) in [7, 11) is 1.39. The van der Waals surface area contributed by atoms with Crippen LogP contribution in [-0.4, -0.2) is 36.1 Å². The molecule has 1 aromatic carbocycles. The van der Waals surface area contributed by atoms with E-state index < -0.39 is 0 Å². The van der Waals surface area contributed by atoms with E-state index in [2.05, 4.69) is 23.1 Å². The van der Waals surface area contributed by atoms with E-state index in [-0.39, 0.29) is 5.97 Å². The molecule has 4 rings (SSSR count). The summed E-state index contributed by atoms with van der Waals surface area (Å²) in [6.45, 7) is 4.54. The zero-order chi connectivity index (χ0) is 18.1. The van der Waals surface area contributed by atoms with Crippen LogP contribution in [0.4, 0.5) is 0 Å². The van der Waals surface area contributed by atoms with Crippen molar-refractivity contribution >= 4 is 27.5 Å². The first-order chi connectivity index (χ1) is 12.6. The molecular formula is C20H22N2O3S. The summed E-state index contributed by atoms with van der Waals surface area (Å²) in [5.41, 5.74) is 1.63. The number of rotatable bonds is 4. The Morgan fingerprint density at radius 1 is 1.35 bits per heavy atom. The highest BCUT2D eigenvalue weighted by Gasteiger charge is 2.24. The molecule has 0 amide bonds. The van der Waals surface area contributed by atoms with Gasteiger partial charge >= 0.3 is 5.97 Å². The van der Waals surface area contributed by atoms with E-state index in [1.54, 1.807) is 13.0 Å². The number of carbonyl (C=O) groups is 1. The van der Waals surface area contributed by atoms with Crippen molar-refractivity contribution in [3.05, 3.63) is 52.4 Å². The number of aromatic nitrogens is 1. The van der Waals surface area contributed by atoms with Crippen molar-refractivity contribution in [3.8, 4) is 0 Å². The van der Waals surface area contributed by atoms with Gasteiger partial charge in [0.1, 0.15) is 17.1 Å². The number of benzene rings is 1. The van der Waals surface area contributed by atoms with Crippen LogP contribution in [0.5, 0.6) is 0 Å². The number of ether oxygens (including phenoxy) is 1. The smallest absolute Gasteiger partial charge is 0.341 e. The number of aryl methyl sites for hydroxylation is 1. The van der Waals surface area contributed by atoms with Gasteiger partial charge in [-0.05, 0) is 51.1 Å². The minimum atomic E-state index is -0.341. The number of likely N-dealkylation sites (tertiary alicyclic amines) is 1. The fourth-order valence-corrected chi connectivity index (χ4v) is 4.69. The van der Waals surface area contributed by atoms with Crippen molar-refractivity contribution in [2.75, 3.05) is 20.2 Å². The molecule has 136 valence electrons. The zero-order valence-corrected chi connectivity index (χ0v) is 15.8. The van der Waals surface area contributed by atoms with Gasteiger partial charge in [-0.1, -0.05) is 12.1 Å². The van der Waals surface area contributed by atoms with Crippen LogP contribution in [0.1, 0.15) is 45.6 Å². The molecule has 0 N–H and O–H groups in total. The Morgan fingerprint density at radius 3 is 2.85 bits per heavy atom. The molecule has 1 aliphatic rings. The summed E-state index contributed by atoms with van der Waals surface area (Å²) in [6.07, 6.45) is 2.20. The number of piperidine rings is 1. The van der Waals surface area contributed by atoms with Gasteiger partial charge in [-0.3, -0.25) is 4.90 Å². The zero-order valence-electron chi connectivity index (χ0n) is 15.0. The van der Waals surface area contributed by atoms with Gasteiger partial charge in [-0.15, -0.1) is 11.3 Å². The second kappa shape index (κ2) is 7.21. The van der Waals surface area contributed by atoms with Crippen LogP contribution < -0.4 is 0 Å². The molecule has 26 heavy (non-hydrogen) atoms. The van der Waals surface area contributed by atoms with Gasteiger partial charge in [0.2, 0.25) is 0 Å². The molecule has 0 spiro atoms. The Hall–Kier alpha value is -2.18. The summed E-state index contributed by atoms with van der Waals surface area (Å²) < 4.78 is 11.8. The standard InChI is InChI=1S/C20H22N2O3S/c1-13-16(20(23)24-2)11-15(25-13)12-22-9-7-14(8-10-22)19-21-17-5-3-4-6-18(17)26-19/h3-6,11,14H,7-10,12H2,1-2H3. The number of carbonyl (C=O) groups excluding carboxylic acids is 1. The lowest BCUT2D eigenvalue weighted by Crippen LogP contribution is -2.32. The fraction of sp³-hybridized carbons (Fsp3) is 0.400. The van der Waals surface area contributed by atoms with Crippen molar-refractivity contribution in [1.82, 2.24) is 9.88 Å². The number of hydrogen-bond donors (Lipinski definition) is 0. The topological polar surface area (TPSA) is 55.6 Å². The van der Waals surface area contributed by atoms with Gasteiger partial charge in [-0.2, -0.15) is 0 Å². The van der Waals surface area contributed by atoms with Crippen LogP contribution in [-0.2, 0) is 11.3 Å². The Kier molecular flexibility index (Phi) is 4.78. The van der Waals surface area contributed by atoms with Gasteiger partial charge in [0, 0.05) is 5.92 Å². The molecule has 1 fully saturated rings. The third-order valence-electron chi connectivity index (χ3n) is 5.00. The van der Waals surface area contributed by atoms with E-state index in [0.29, 0.717) is 17.2 Å². The average Bonchev–Trinajstić information content (AvgIpc) is 3.25. The van der Waals surface area contributed by atoms with Crippen LogP contribution in [0.2, 0.25) is 0 Å². The van der Waals surface area contributed by atoms with E-state index in [1.165, 1.54) is 16.8 Å². The number of nitrogens with zero attached hydrogens (tertiary/aromatic N) is 2. The first-order valence-electron chi connectivity index (χ1n) is 8.89. The Labute approximate surface area is 156 Å². The molecular weight excluding hydrogens is 348 g/mol. The Balaban J connectivity index is 1.38. The predicted molar refractivity (Wildman–Crippen MR) is 102 cm³/mol. The van der Waals surface area contributed by atoms with Gasteiger partial charge in [-0.25, -0.2) is 9.78 Å². The van der Waals surface area contributed by atoms with Gasteiger partial charge in [0.15, 0.2) is 0 Å². The molecule has 3 heterocycles. The van der Waals surface area contributed by atoms with Crippen molar-refractivity contribution < 1.29 is 13.9 Å². The van der Waals surface area contributed by atoms with Gasteiger partial charge in [0.05, 0.1) is 28.9 Å². The minimum absolute atomic E-state index is 0.341. The first-order valence-corrected chi connectivity index (χ1v) is 9.71. The molecule has 0 unspecified atom stereocenters. The molecule has 1 saturated heterocycles. The summed E-state index contributed by atoms with van der Waals surface area (Å²) in [5.74, 6) is 1.64.